The van der Waals surface area contributed by atoms with Gasteiger partial charge in [-0.2, -0.15) is 0 Å². The molecule has 118 valence electrons. The van der Waals surface area contributed by atoms with E-state index in [1.165, 1.54) is 0 Å². The average Bonchev–Trinajstić information content (AvgIpc) is 2.64. The quantitative estimate of drug-likeness (QED) is 0.623. The summed E-state index contributed by atoms with van der Waals surface area (Å²) in [6.45, 7) is 0.305. The monoisotopic (exact) mass is 305 g/mol. The molecular weight excluding hydrogens is 286 g/mol. The fourth-order valence-electron chi connectivity index (χ4n) is 2.27. The van der Waals surface area contributed by atoms with Crippen molar-refractivity contribution >= 4 is 29.3 Å². The number of aliphatic carboxylic acids is 1. The SMILES string of the molecule is O=C(O)CCCNC(=O)Nc1ccc2c(c1)CCCC(=O)N2. The number of urea groups is 1. The molecule has 1 aliphatic heterocycles. The van der Waals surface area contributed by atoms with Crippen molar-refractivity contribution in [2.75, 3.05) is 17.2 Å². The number of rotatable bonds is 5. The van der Waals surface area contributed by atoms with Crippen molar-refractivity contribution in [1.29, 1.82) is 0 Å². The van der Waals surface area contributed by atoms with Gasteiger partial charge in [-0.05, 0) is 43.0 Å². The van der Waals surface area contributed by atoms with E-state index < -0.39 is 5.97 Å². The molecule has 4 N–H and O–H groups in total. The van der Waals surface area contributed by atoms with E-state index in [-0.39, 0.29) is 18.4 Å². The number of amides is 3. The number of carbonyl (C=O) groups excluding carboxylic acids is 2. The molecule has 1 aliphatic rings. The average molecular weight is 305 g/mol. The van der Waals surface area contributed by atoms with Crippen LogP contribution in [0.4, 0.5) is 16.2 Å². The molecule has 1 heterocycles. The number of nitrogens with one attached hydrogen (secondary N) is 3. The molecular formula is C15H19N3O4. The summed E-state index contributed by atoms with van der Waals surface area (Å²) in [5.41, 5.74) is 2.43. The molecule has 7 nitrogen and oxygen atoms in total. The molecule has 3 amide bonds. The fourth-order valence-corrected chi connectivity index (χ4v) is 2.27. The summed E-state index contributed by atoms with van der Waals surface area (Å²) in [5, 5.41) is 16.6. The van der Waals surface area contributed by atoms with Crippen LogP contribution in [0.1, 0.15) is 31.2 Å². The zero-order chi connectivity index (χ0) is 15.9. The van der Waals surface area contributed by atoms with E-state index in [0.29, 0.717) is 25.1 Å². The number of aryl methyl sites for hydroxylation is 1. The zero-order valence-electron chi connectivity index (χ0n) is 12.1. The van der Waals surface area contributed by atoms with Gasteiger partial charge in [0.2, 0.25) is 5.91 Å². The lowest BCUT2D eigenvalue weighted by Crippen LogP contribution is -2.29. The van der Waals surface area contributed by atoms with Crippen LogP contribution in [0.3, 0.4) is 0 Å². The maximum absolute atomic E-state index is 11.7. The molecule has 0 aromatic heterocycles. The molecule has 0 atom stereocenters. The third-order valence-corrected chi connectivity index (χ3v) is 3.34. The maximum atomic E-state index is 11.7. The van der Waals surface area contributed by atoms with Crippen LogP contribution in [0, 0.1) is 0 Å². The minimum atomic E-state index is -0.880. The highest BCUT2D eigenvalue weighted by atomic mass is 16.4. The van der Waals surface area contributed by atoms with Gasteiger partial charge < -0.3 is 21.1 Å². The Morgan fingerprint density at radius 2 is 2.09 bits per heavy atom. The van der Waals surface area contributed by atoms with Crippen LogP contribution in [0.5, 0.6) is 0 Å². The molecule has 0 unspecified atom stereocenters. The van der Waals surface area contributed by atoms with Gasteiger partial charge >= 0.3 is 12.0 Å². The van der Waals surface area contributed by atoms with Crippen LogP contribution in [0.25, 0.3) is 0 Å². The topological polar surface area (TPSA) is 108 Å². The normalized spacial score (nSPS) is 13.5. The first-order valence-corrected chi connectivity index (χ1v) is 7.24. The minimum absolute atomic E-state index is 0.00985. The van der Waals surface area contributed by atoms with Crippen LogP contribution < -0.4 is 16.0 Å². The van der Waals surface area contributed by atoms with Crippen molar-refractivity contribution in [3.05, 3.63) is 23.8 Å². The molecule has 0 radical (unpaired) electrons. The summed E-state index contributed by atoms with van der Waals surface area (Å²) in [7, 11) is 0. The number of carboxylic acids is 1. The first kappa shape index (κ1) is 15.8. The molecule has 0 fully saturated rings. The lowest BCUT2D eigenvalue weighted by Gasteiger charge is -2.11. The Morgan fingerprint density at radius 3 is 2.86 bits per heavy atom. The number of anilines is 2. The van der Waals surface area contributed by atoms with Crippen molar-refractivity contribution in [3.63, 3.8) is 0 Å². The van der Waals surface area contributed by atoms with E-state index in [4.69, 9.17) is 5.11 Å². The number of hydrogen-bond donors (Lipinski definition) is 4. The lowest BCUT2D eigenvalue weighted by atomic mass is 10.1. The van der Waals surface area contributed by atoms with Crippen LogP contribution in [0.2, 0.25) is 0 Å². The van der Waals surface area contributed by atoms with Gasteiger partial charge in [-0.1, -0.05) is 0 Å². The Balaban J connectivity index is 1.88. The van der Waals surface area contributed by atoms with Crippen molar-refractivity contribution < 1.29 is 19.5 Å². The third-order valence-electron chi connectivity index (χ3n) is 3.34. The Kier molecular flexibility index (Phi) is 5.35. The molecule has 0 saturated heterocycles. The molecule has 1 aromatic rings. The molecule has 1 aromatic carbocycles. The second kappa shape index (κ2) is 7.44. The largest absolute Gasteiger partial charge is 0.481 e. The summed E-state index contributed by atoms with van der Waals surface area (Å²) in [5.74, 6) is -0.870. The van der Waals surface area contributed by atoms with Gasteiger partial charge in [0.05, 0.1) is 0 Å². The summed E-state index contributed by atoms with van der Waals surface area (Å²) in [4.78, 5) is 33.5. The van der Waals surface area contributed by atoms with Gasteiger partial charge in [0.15, 0.2) is 0 Å². The van der Waals surface area contributed by atoms with Crippen molar-refractivity contribution in [2.24, 2.45) is 0 Å². The van der Waals surface area contributed by atoms with E-state index >= 15 is 0 Å². The highest BCUT2D eigenvalue weighted by Gasteiger charge is 2.13. The van der Waals surface area contributed by atoms with Gasteiger partial charge in [0.1, 0.15) is 0 Å². The minimum Gasteiger partial charge on any atom is -0.481 e. The molecule has 0 bridgehead atoms. The van der Waals surface area contributed by atoms with E-state index in [0.717, 1.165) is 24.1 Å². The number of hydrogen-bond acceptors (Lipinski definition) is 3. The highest BCUT2D eigenvalue weighted by Crippen LogP contribution is 2.25. The van der Waals surface area contributed by atoms with Crippen LogP contribution >= 0.6 is 0 Å². The Labute approximate surface area is 128 Å². The molecule has 22 heavy (non-hydrogen) atoms. The summed E-state index contributed by atoms with van der Waals surface area (Å²) in [6, 6.07) is 4.97. The van der Waals surface area contributed by atoms with E-state index in [1.54, 1.807) is 12.1 Å². The first-order chi connectivity index (χ1) is 10.5. The Morgan fingerprint density at radius 1 is 1.27 bits per heavy atom. The molecule has 0 saturated carbocycles. The Bertz CT molecular complexity index is 586. The molecule has 7 heteroatoms. The standard InChI is InChI=1S/C15H19N3O4/c19-13-4-1-3-10-9-11(6-7-12(10)18-13)17-15(22)16-8-2-5-14(20)21/h6-7,9H,1-5,8H2,(H,18,19)(H,20,21)(H2,16,17,22). The predicted octanol–water partition coefficient (Wildman–Crippen LogP) is 1.95. The summed E-state index contributed by atoms with van der Waals surface area (Å²) in [6.07, 6.45) is 2.48. The fraction of sp³-hybridized carbons (Fsp3) is 0.400. The Hall–Kier alpha value is -2.57. The van der Waals surface area contributed by atoms with Crippen molar-refractivity contribution in [2.45, 2.75) is 32.1 Å². The highest BCUT2D eigenvalue weighted by molar-refractivity contribution is 5.94. The number of carboxylic acid groups (broad SMARTS) is 1. The third kappa shape index (κ3) is 4.76. The van der Waals surface area contributed by atoms with Crippen molar-refractivity contribution in [1.82, 2.24) is 5.32 Å². The first-order valence-electron chi connectivity index (χ1n) is 7.24. The number of benzene rings is 1. The van der Waals surface area contributed by atoms with E-state index in [9.17, 15) is 14.4 Å². The van der Waals surface area contributed by atoms with Gasteiger partial charge in [0.25, 0.3) is 0 Å². The lowest BCUT2D eigenvalue weighted by molar-refractivity contribution is -0.137. The van der Waals surface area contributed by atoms with Gasteiger partial charge in [0, 0.05) is 30.8 Å². The summed E-state index contributed by atoms with van der Waals surface area (Å²) >= 11 is 0. The molecule has 0 spiro atoms. The van der Waals surface area contributed by atoms with E-state index in [1.807, 2.05) is 6.07 Å². The second-order valence-corrected chi connectivity index (χ2v) is 5.15. The molecule has 2 rings (SSSR count). The van der Waals surface area contributed by atoms with Gasteiger partial charge in [-0.3, -0.25) is 9.59 Å². The number of carbonyl (C=O) groups is 3. The zero-order valence-corrected chi connectivity index (χ0v) is 12.1. The molecule has 0 aliphatic carbocycles. The van der Waals surface area contributed by atoms with E-state index in [2.05, 4.69) is 16.0 Å². The summed E-state index contributed by atoms with van der Waals surface area (Å²) < 4.78 is 0. The number of fused-ring (bicyclic) bond motifs is 1. The predicted molar refractivity (Wildman–Crippen MR) is 81.9 cm³/mol. The van der Waals surface area contributed by atoms with Crippen LogP contribution in [-0.4, -0.2) is 29.6 Å². The van der Waals surface area contributed by atoms with Crippen LogP contribution in [0.15, 0.2) is 18.2 Å². The van der Waals surface area contributed by atoms with Gasteiger partial charge in [-0.15, -0.1) is 0 Å². The van der Waals surface area contributed by atoms with Gasteiger partial charge in [-0.25, -0.2) is 4.79 Å². The van der Waals surface area contributed by atoms with Crippen LogP contribution in [-0.2, 0) is 16.0 Å². The smallest absolute Gasteiger partial charge is 0.319 e. The second-order valence-electron chi connectivity index (χ2n) is 5.15. The maximum Gasteiger partial charge on any atom is 0.319 e. The van der Waals surface area contributed by atoms with Crippen molar-refractivity contribution in [3.8, 4) is 0 Å².